The third kappa shape index (κ3) is 3.70. The second kappa shape index (κ2) is 6.96. The molecule has 0 aliphatic carbocycles. The van der Waals surface area contributed by atoms with Crippen molar-refractivity contribution in [3.63, 3.8) is 0 Å². The predicted molar refractivity (Wildman–Crippen MR) is 75.6 cm³/mol. The van der Waals surface area contributed by atoms with Crippen molar-refractivity contribution in [2.75, 3.05) is 52.0 Å². The van der Waals surface area contributed by atoms with Gasteiger partial charge in [-0.15, -0.1) is 0 Å². The Morgan fingerprint density at radius 3 is 2.39 bits per heavy atom. The summed E-state index contributed by atoms with van der Waals surface area (Å²) < 4.78 is 10.4. The van der Waals surface area contributed by atoms with Crippen LogP contribution in [0.15, 0.2) is 12.1 Å². The van der Waals surface area contributed by atoms with Crippen LogP contribution in [0.5, 0.6) is 11.5 Å². The number of hydrogen-bond donors (Lipinski definition) is 2. The lowest BCUT2D eigenvalue weighted by Gasteiger charge is -2.17. The Morgan fingerprint density at radius 2 is 1.83 bits per heavy atom. The van der Waals surface area contributed by atoms with E-state index >= 15 is 0 Å². The lowest BCUT2D eigenvalue weighted by molar-refractivity contribution is 0.355. The van der Waals surface area contributed by atoms with Gasteiger partial charge in [0.25, 0.3) is 0 Å². The van der Waals surface area contributed by atoms with Gasteiger partial charge < -0.3 is 25.4 Å². The number of nitrogen functional groups attached to an aromatic ring is 1. The maximum Gasteiger partial charge on any atom is 0.162 e. The quantitative estimate of drug-likeness (QED) is 0.724. The van der Waals surface area contributed by atoms with Gasteiger partial charge in [-0.3, -0.25) is 0 Å². The van der Waals surface area contributed by atoms with Crippen molar-refractivity contribution >= 4 is 11.4 Å². The Hall–Kier alpha value is -1.62. The number of likely N-dealkylation sites (N-methyl/N-ethyl adjacent to an activating group) is 1. The van der Waals surface area contributed by atoms with Gasteiger partial charge in [0.2, 0.25) is 0 Å². The van der Waals surface area contributed by atoms with Gasteiger partial charge in [0.15, 0.2) is 11.5 Å². The number of ether oxygens (including phenoxy) is 2. The zero-order valence-electron chi connectivity index (χ0n) is 11.6. The Kier molecular flexibility index (Phi) is 5.58. The Labute approximate surface area is 109 Å². The summed E-state index contributed by atoms with van der Waals surface area (Å²) in [5.41, 5.74) is 7.49. The minimum absolute atomic E-state index is 0.645. The highest BCUT2D eigenvalue weighted by molar-refractivity contribution is 5.72. The van der Waals surface area contributed by atoms with E-state index in [9.17, 15) is 0 Å². The van der Waals surface area contributed by atoms with Crippen molar-refractivity contribution in [1.29, 1.82) is 0 Å². The Bertz CT molecular complexity index is 383. The molecule has 5 nitrogen and oxygen atoms in total. The molecule has 0 aliphatic rings. The summed E-state index contributed by atoms with van der Waals surface area (Å²) >= 11 is 0. The molecule has 0 heterocycles. The zero-order valence-corrected chi connectivity index (χ0v) is 11.6. The number of nitrogens with zero attached hydrogens (tertiary/aromatic N) is 1. The SMILES string of the molecule is CCN(C)CCNc1cc(OC)c(OC)cc1N. The molecule has 0 radical (unpaired) electrons. The maximum absolute atomic E-state index is 5.96. The molecule has 1 aromatic carbocycles. The van der Waals surface area contributed by atoms with E-state index in [1.807, 2.05) is 6.07 Å². The molecule has 18 heavy (non-hydrogen) atoms. The number of nitrogens with one attached hydrogen (secondary N) is 1. The highest BCUT2D eigenvalue weighted by Crippen LogP contribution is 2.34. The zero-order chi connectivity index (χ0) is 13.5. The standard InChI is InChI=1S/C13H23N3O2/c1-5-16(2)7-6-15-11-9-13(18-4)12(17-3)8-10(11)14/h8-9,15H,5-7,14H2,1-4H3. The molecule has 0 aromatic heterocycles. The number of hydrogen-bond acceptors (Lipinski definition) is 5. The molecule has 0 fully saturated rings. The van der Waals surface area contributed by atoms with Crippen LogP contribution in [0.4, 0.5) is 11.4 Å². The van der Waals surface area contributed by atoms with E-state index in [1.54, 1.807) is 20.3 Å². The molecule has 0 saturated carbocycles. The third-order valence-electron chi connectivity index (χ3n) is 2.90. The van der Waals surface area contributed by atoms with Gasteiger partial charge in [0.1, 0.15) is 0 Å². The largest absolute Gasteiger partial charge is 0.493 e. The van der Waals surface area contributed by atoms with Crippen LogP contribution < -0.4 is 20.5 Å². The second-order valence-corrected chi connectivity index (χ2v) is 4.12. The first-order chi connectivity index (χ1) is 8.62. The van der Waals surface area contributed by atoms with Crippen LogP contribution in [-0.4, -0.2) is 45.8 Å². The van der Waals surface area contributed by atoms with Gasteiger partial charge in [-0.25, -0.2) is 0 Å². The fourth-order valence-electron chi connectivity index (χ4n) is 1.59. The minimum Gasteiger partial charge on any atom is -0.493 e. The highest BCUT2D eigenvalue weighted by Gasteiger charge is 2.08. The van der Waals surface area contributed by atoms with E-state index < -0.39 is 0 Å². The summed E-state index contributed by atoms with van der Waals surface area (Å²) in [4.78, 5) is 2.23. The van der Waals surface area contributed by atoms with Crippen LogP contribution in [0, 0.1) is 0 Å². The van der Waals surface area contributed by atoms with Crippen molar-refractivity contribution < 1.29 is 9.47 Å². The summed E-state index contributed by atoms with van der Waals surface area (Å²) in [7, 11) is 5.29. The average Bonchev–Trinajstić information content (AvgIpc) is 2.39. The molecule has 3 N–H and O–H groups in total. The van der Waals surface area contributed by atoms with Crippen LogP contribution in [0.25, 0.3) is 0 Å². The summed E-state index contributed by atoms with van der Waals surface area (Å²) in [6.07, 6.45) is 0. The number of methoxy groups -OCH3 is 2. The van der Waals surface area contributed by atoms with Gasteiger partial charge in [-0.05, 0) is 13.6 Å². The van der Waals surface area contributed by atoms with Crippen molar-refractivity contribution in [3.8, 4) is 11.5 Å². The molecule has 0 saturated heterocycles. The van der Waals surface area contributed by atoms with Crippen LogP contribution in [0.3, 0.4) is 0 Å². The molecular weight excluding hydrogens is 230 g/mol. The fourth-order valence-corrected chi connectivity index (χ4v) is 1.59. The topological polar surface area (TPSA) is 59.8 Å². The van der Waals surface area contributed by atoms with Crippen LogP contribution in [-0.2, 0) is 0 Å². The first-order valence-electron chi connectivity index (χ1n) is 6.06. The number of nitrogens with two attached hydrogens (primary N) is 1. The number of benzene rings is 1. The van der Waals surface area contributed by atoms with Crippen molar-refractivity contribution in [2.45, 2.75) is 6.92 Å². The summed E-state index contributed by atoms with van der Waals surface area (Å²) in [6.45, 7) is 4.96. The van der Waals surface area contributed by atoms with E-state index in [-0.39, 0.29) is 0 Å². The highest BCUT2D eigenvalue weighted by atomic mass is 16.5. The molecule has 1 rings (SSSR count). The first kappa shape index (κ1) is 14.4. The van der Waals surface area contributed by atoms with Crippen molar-refractivity contribution in [3.05, 3.63) is 12.1 Å². The van der Waals surface area contributed by atoms with Gasteiger partial charge in [0.05, 0.1) is 25.6 Å². The molecule has 0 unspecified atom stereocenters. The predicted octanol–water partition coefficient (Wildman–Crippen LogP) is 1.65. The normalized spacial score (nSPS) is 10.5. The van der Waals surface area contributed by atoms with Crippen LogP contribution in [0.2, 0.25) is 0 Å². The maximum atomic E-state index is 5.96. The molecule has 1 aromatic rings. The van der Waals surface area contributed by atoms with Crippen LogP contribution in [0.1, 0.15) is 6.92 Å². The van der Waals surface area contributed by atoms with E-state index in [0.29, 0.717) is 17.2 Å². The number of rotatable bonds is 7. The summed E-state index contributed by atoms with van der Waals surface area (Å²) in [6, 6.07) is 3.63. The summed E-state index contributed by atoms with van der Waals surface area (Å²) in [5.74, 6) is 1.32. The van der Waals surface area contributed by atoms with Crippen molar-refractivity contribution in [1.82, 2.24) is 4.90 Å². The van der Waals surface area contributed by atoms with Gasteiger partial charge in [-0.2, -0.15) is 0 Å². The molecule has 5 heteroatoms. The average molecular weight is 253 g/mol. The summed E-state index contributed by atoms with van der Waals surface area (Å²) in [5, 5.41) is 3.30. The molecular formula is C13H23N3O2. The lowest BCUT2D eigenvalue weighted by atomic mass is 10.2. The number of anilines is 2. The molecule has 0 amide bonds. The molecule has 0 spiro atoms. The monoisotopic (exact) mass is 253 g/mol. The smallest absolute Gasteiger partial charge is 0.162 e. The Morgan fingerprint density at radius 1 is 1.22 bits per heavy atom. The lowest BCUT2D eigenvalue weighted by Crippen LogP contribution is -2.24. The van der Waals surface area contributed by atoms with E-state index in [4.69, 9.17) is 15.2 Å². The van der Waals surface area contributed by atoms with Gasteiger partial charge in [-0.1, -0.05) is 6.92 Å². The molecule has 0 atom stereocenters. The fraction of sp³-hybridized carbons (Fsp3) is 0.538. The van der Waals surface area contributed by atoms with Gasteiger partial charge >= 0.3 is 0 Å². The van der Waals surface area contributed by atoms with Crippen LogP contribution >= 0.6 is 0 Å². The Balaban J connectivity index is 2.71. The molecule has 102 valence electrons. The second-order valence-electron chi connectivity index (χ2n) is 4.12. The molecule has 0 bridgehead atoms. The third-order valence-corrected chi connectivity index (χ3v) is 2.90. The minimum atomic E-state index is 0.645. The van der Waals surface area contributed by atoms with Crippen molar-refractivity contribution in [2.24, 2.45) is 0 Å². The van der Waals surface area contributed by atoms with E-state index in [0.717, 1.165) is 25.3 Å². The molecule has 0 aliphatic heterocycles. The van der Waals surface area contributed by atoms with E-state index in [1.165, 1.54) is 0 Å². The first-order valence-corrected chi connectivity index (χ1v) is 6.06. The van der Waals surface area contributed by atoms with Gasteiger partial charge in [0, 0.05) is 25.2 Å². The van der Waals surface area contributed by atoms with E-state index in [2.05, 4.69) is 24.2 Å².